The summed E-state index contributed by atoms with van der Waals surface area (Å²) in [5.41, 5.74) is 0. The van der Waals surface area contributed by atoms with Crippen LogP contribution in [0.4, 0.5) is 0 Å². The van der Waals surface area contributed by atoms with Gasteiger partial charge in [-0.25, -0.2) is 0 Å². The molecular formula is C4H3Br2SZn-. The Morgan fingerprint density at radius 3 is 2.38 bits per heavy atom. The molecule has 1 aromatic heterocycles. The van der Waals surface area contributed by atoms with Crippen LogP contribution in [0.25, 0.3) is 0 Å². The summed E-state index contributed by atoms with van der Waals surface area (Å²) in [4.78, 5) is 0. The van der Waals surface area contributed by atoms with Gasteiger partial charge in [0, 0.05) is 19.5 Å². The quantitative estimate of drug-likeness (QED) is 0.511. The van der Waals surface area contributed by atoms with Crippen molar-refractivity contribution in [1.29, 1.82) is 0 Å². The van der Waals surface area contributed by atoms with Crippen LogP contribution in [0.1, 0.15) is 0 Å². The van der Waals surface area contributed by atoms with E-state index >= 15 is 0 Å². The molecule has 1 aromatic rings. The van der Waals surface area contributed by atoms with Crippen LogP contribution in [-0.2, 0) is 19.5 Å². The number of thiophene rings is 1. The molecule has 0 radical (unpaired) electrons. The molecule has 0 atom stereocenters. The van der Waals surface area contributed by atoms with Gasteiger partial charge in [0.2, 0.25) is 0 Å². The second-order valence-electron chi connectivity index (χ2n) is 0.871. The minimum Gasteiger partial charge on any atom is -0.303 e. The zero-order chi connectivity index (χ0) is 4.41. The van der Waals surface area contributed by atoms with Crippen molar-refractivity contribution in [3.8, 4) is 0 Å². The molecule has 1 heterocycles. The third kappa shape index (κ3) is 4.19. The van der Waals surface area contributed by atoms with E-state index in [1.807, 2.05) is 11.4 Å². The van der Waals surface area contributed by atoms with Crippen molar-refractivity contribution >= 4 is 44.2 Å². The summed E-state index contributed by atoms with van der Waals surface area (Å²) in [6.07, 6.45) is 0. The molecule has 4 heteroatoms. The average Bonchev–Trinajstić information content (AvgIpc) is 1.86. The van der Waals surface area contributed by atoms with Crippen molar-refractivity contribution in [1.82, 2.24) is 0 Å². The molecule has 42 valence electrons. The third-order valence-corrected chi connectivity index (χ3v) is 1.77. The average molecular weight is 308 g/mol. The van der Waals surface area contributed by atoms with Crippen molar-refractivity contribution in [3.63, 3.8) is 0 Å². The van der Waals surface area contributed by atoms with Gasteiger partial charge in [-0.3, -0.25) is 0 Å². The zero-order valence-corrected chi connectivity index (χ0v) is 11.1. The first-order valence-corrected chi connectivity index (χ1v) is 3.17. The first kappa shape index (κ1) is 12.0. The summed E-state index contributed by atoms with van der Waals surface area (Å²) in [5.74, 6) is 0. The van der Waals surface area contributed by atoms with E-state index in [0.717, 1.165) is 4.47 Å². The largest absolute Gasteiger partial charge is 0.303 e. The van der Waals surface area contributed by atoms with Gasteiger partial charge in [0.15, 0.2) is 0 Å². The van der Waals surface area contributed by atoms with E-state index in [4.69, 9.17) is 0 Å². The Hall–Kier alpha value is 1.28. The first-order valence-electron chi connectivity index (χ1n) is 1.50. The fraction of sp³-hybridized carbons (Fsp3) is 0. The van der Waals surface area contributed by atoms with E-state index in [9.17, 15) is 0 Å². The molecule has 0 nitrogen and oxygen atoms in total. The topological polar surface area (TPSA) is 0 Å². The maximum atomic E-state index is 3.24. The van der Waals surface area contributed by atoms with E-state index in [1.54, 1.807) is 11.3 Å². The van der Waals surface area contributed by atoms with Gasteiger partial charge in [-0.1, -0.05) is 20.4 Å². The van der Waals surface area contributed by atoms with Crippen LogP contribution in [0.3, 0.4) is 0 Å². The summed E-state index contributed by atoms with van der Waals surface area (Å²) in [6, 6.07) is 1.96. The van der Waals surface area contributed by atoms with Crippen LogP contribution in [0.15, 0.2) is 15.9 Å². The van der Waals surface area contributed by atoms with E-state index in [1.165, 1.54) is 0 Å². The Morgan fingerprint density at radius 2 is 2.25 bits per heavy atom. The van der Waals surface area contributed by atoms with Gasteiger partial charge in [-0.05, 0) is 0 Å². The van der Waals surface area contributed by atoms with Gasteiger partial charge in [0.25, 0.3) is 0 Å². The van der Waals surface area contributed by atoms with Crippen LogP contribution in [0.5, 0.6) is 0 Å². The number of hydrogen-bond acceptors (Lipinski definition) is 1. The second-order valence-corrected chi connectivity index (χ2v) is 2.44. The van der Waals surface area contributed by atoms with Gasteiger partial charge in [-0.15, -0.1) is 22.4 Å². The van der Waals surface area contributed by atoms with Gasteiger partial charge in [-0.2, -0.15) is 11.4 Å². The molecular weight excluding hydrogens is 305 g/mol. The number of halogens is 2. The summed E-state index contributed by atoms with van der Waals surface area (Å²) in [6.45, 7) is 0. The minimum atomic E-state index is 0. The fourth-order valence-electron chi connectivity index (χ4n) is 0.218. The Balaban J connectivity index is 0. The molecule has 0 amide bonds. The number of rotatable bonds is 0. The predicted molar refractivity (Wildman–Crippen MR) is 41.2 cm³/mol. The zero-order valence-electron chi connectivity index (χ0n) is 4.06. The third-order valence-electron chi connectivity index (χ3n) is 0.439. The summed E-state index contributed by atoms with van der Waals surface area (Å²) < 4.78 is 1.05. The van der Waals surface area contributed by atoms with Crippen LogP contribution in [0.2, 0.25) is 0 Å². The molecule has 0 saturated carbocycles. The van der Waals surface area contributed by atoms with Crippen LogP contribution in [0, 0.1) is 5.38 Å². The van der Waals surface area contributed by atoms with Crippen LogP contribution in [-0.4, -0.2) is 0 Å². The molecule has 0 aromatic carbocycles. The molecule has 0 aliphatic heterocycles. The molecule has 0 unspecified atom stereocenters. The van der Waals surface area contributed by atoms with Crippen molar-refractivity contribution in [2.24, 2.45) is 0 Å². The van der Waals surface area contributed by atoms with Gasteiger partial charge in [0.1, 0.15) is 0 Å². The summed E-state index contributed by atoms with van der Waals surface area (Å²) in [5, 5.41) is 4.93. The molecule has 8 heavy (non-hydrogen) atoms. The van der Waals surface area contributed by atoms with E-state index in [-0.39, 0.29) is 36.5 Å². The fourth-order valence-corrected chi connectivity index (χ4v) is 1.26. The molecule has 0 bridgehead atoms. The van der Waals surface area contributed by atoms with E-state index in [2.05, 4.69) is 21.3 Å². The molecule has 0 fully saturated rings. The van der Waals surface area contributed by atoms with Crippen molar-refractivity contribution in [2.45, 2.75) is 0 Å². The predicted octanol–water partition coefficient (Wildman–Crippen LogP) is 2.89. The standard InChI is InChI=1S/C4H2BrS.BrH.Zn/c5-4-1-2-6-3-4;;/h1-2H;1H;/q-1;;. The molecule has 0 N–H and O–H groups in total. The SMILES string of the molecule is Br.Brc1[c-]scc1.[Zn]. The van der Waals surface area contributed by atoms with E-state index < -0.39 is 0 Å². The Labute approximate surface area is 84.3 Å². The van der Waals surface area contributed by atoms with Crippen molar-refractivity contribution < 1.29 is 19.5 Å². The maximum Gasteiger partial charge on any atom is 0 e. The van der Waals surface area contributed by atoms with Crippen LogP contribution < -0.4 is 0 Å². The Kier molecular flexibility index (Phi) is 9.61. The summed E-state index contributed by atoms with van der Waals surface area (Å²) >= 11 is 4.80. The van der Waals surface area contributed by atoms with Crippen molar-refractivity contribution in [2.75, 3.05) is 0 Å². The Bertz CT molecular complexity index is 118. The smallest absolute Gasteiger partial charge is 0 e. The Morgan fingerprint density at radius 1 is 1.62 bits per heavy atom. The normalized spacial score (nSPS) is 6.62. The maximum absolute atomic E-state index is 3.24. The molecule has 0 spiro atoms. The number of hydrogen-bond donors (Lipinski definition) is 0. The van der Waals surface area contributed by atoms with Gasteiger partial charge < -0.3 is 11.3 Å². The second kappa shape index (κ2) is 6.40. The molecule has 0 saturated heterocycles. The molecule has 1 rings (SSSR count). The van der Waals surface area contributed by atoms with Gasteiger partial charge in [0.05, 0.1) is 0 Å². The molecule has 0 aliphatic carbocycles. The molecule has 0 aliphatic rings. The van der Waals surface area contributed by atoms with Crippen molar-refractivity contribution in [3.05, 3.63) is 21.3 Å². The minimum absolute atomic E-state index is 0. The summed E-state index contributed by atoms with van der Waals surface area (Å²) in [7, 11) is 0. The van der Waals surface area contributed by atoms with Crippen LogP contribution >= 0.6 is 44.2 Å². The van der Waals surface area contributed by atoms with E-state index in [0.29, 0.717) is 0 Å². The first-order chi connectivity index (χ1) is 2.89. The van der Waals surface area contributed by atoms with Gasteiger partial charge >= 0.3 is 0 Å². The monoisotopic (exact) mass is 305 g/mol.